The number of urea groups is 1. The van der Waals surface area contributed by atoms with E-state index in [2.05, 4.69) is 5.32 Å². The summed E-state index contributed by atoms with van der Waals surface area (Å²) < 4.78 is 0. The minimum atomic E-state index is -1.04. The van der Waals surface area contributed by atoms with Gasteiger partial charge in [0.1, 0.15) is 5.00 Å². The molecule has 3 N–H and O–H groups in total. The van der Waals surface area contributed by atoms with E-state index in [-0.39, 0.29) is 24.2 Å². The number of carboxylic acid groups (broad SMARTS) is 1. The van der Waals surface area contributed by atoms with E-state index in [0.29, 0.717) is 17.1 Å². The van der Waals surface area contributed by atoms with Crippen LogP contribution >= 0.6 is 11.3 Å². The second-order valence-electron chi connectivity index (χ2n) is 4.89. The first kappa shape index (κ1) is 14.8. The number of anilines is 1. The van der Waals surface area contributed by atoms with Crippen molar-refractivity contribution in [3.63, 3.8) is 0 Å². The van der Waals surface area contributed by atoms with Crippen molar-refractivity contribution in [2.75, 3.05) is 18.5 Å². The first-order valence-electron chi connectivity index (χ1n) is 6.47. The highest BCUT2D eigenvalue weighted by Crippen LogP contribution is 2.33. The Morgan fingerprint density at radius 3 is 2.75 bits per heavy atom. The SMILES string of the molecule is Cc1sc(NC(=O)N2CCCC2CO)c(C(=O)O)c1C. The number of hydrogen-bond acceptors (Lipinski definition) is 4. The average Bonchev–Trinajstić information content (AvgIpc) is 2.95. The molecule has 110 valence electrons. The van der Waals surface area contributed by atoms with Crippen molar-refractivity contribution < 1.29 is 19.8 Å². The predicted molar refractivity (Wildman–Crippen MR) is 76.6 cm³/mol. The van der Waals surface area contributed by atoms with E-state index >= 15 is 0 Å². The van der Waals surface area contributed by atoms with E-state index in [1.165, 1.54) is 11.3 Å². The summed E-state index contributed by atoms with van der Waals surface area (Å²) in [6.07, 6.45) is 1.63. The Kier molecular flexibility index (Phi) is 4.29. The lowest BCUT2D eigenvalue weighted by atomic mass is 10.1. The van der Waals surface area contributed by atoms with Crippen molar-refractivity contribution in [1.82, 2.24) is 4.90 Å². The molecule has 0 radical (unpaired) electrons. The Morgan fingerprint density at radius 1 is 1.45 bits per heavy atom. The molecular weight excluding hydrogens is 280 g/mol. The molecule has 1 atom stereocenters. The van der Waals surface area contributed by atoms with Crippen LogP contribution < -0.4 is 5.32 Å². The molecular formula is C13H18N2O4S. The van der Waals surface area contributed by atoms with Crippen LogP contribution in [0.4, 0.5) is 9.80 Å². The van der Waals surface area contributed by atoms with Gasteiger partial charge >= 0.3 is 12.0 Å². The normalized spacial score (nSPS) is 18.4. The monoisotopic (exact) mass is 298 g/mol. The topological polar surface area (TPSA) is 89.9 Å². The first-order valence-corrected chi connectivity index (χ1v) is 7.29. The largest absolute Gasteiger partial charge is 0.478 e. The third-order valence-electron chi connectivity index (χ3n) is 3.67. The van der Waals surface area contributed by atoms with Crippen molar-refractivity contribution in [1.29, 1.82) is 0 Å². The summed E-state index contributed by atoms with van der Waals surface area (Å²) in [5.74, 6) is -1.04. The van der Waals surface area contributed by atoms with Crippen LogP contribution in [0.15, 0.2) is 0 Å². The molecule has 20 heavy (non-hydrogen) atoms. The number of nitrogens with zero attached hydrogens (tertiary/aromatic N) is 1. The zero-order chi connectivity index (χ0) is 14.9. The van der Waals surface area contributed by atoms with Crippen LogP contribution in [0.25, 0.3) is 0 Å². The lowest BCUT2D eigenvalue weighted by Crippen LogP contribution is -2.40. The molecule has 1 aliphatic rings. The van der Waals surface area contributed by atoms with Crippen LogP contribution in [0.5, 0.6) is 0 Å². The number of thiophene rings is 1. The Hall–Kier alpha value is -1.60. The number of carbonyl (C=O) groups excluding carboxylic acids is 1. The summed E-state index contributed by atoms with van der Waals surface area (Å²) in [6.45, 7) is 4.08. The predicted octanol–water partition coefficient (Wildman–Crippen LogP) is 2.05. The van der Waals surface area contributed by atoms with Crippen LogP contribution in [0.3, 0.4) is 0 Å². The summed E-state index contributed by atoms with van der Waals surface area (Å²) in [4.78, 5) is 25.9. The van der Waals surface area contributed by atoms with Crippen molar-refractivity contribution in [2.24, 2.45) is 0 Å². The molecule has 0 bridgehead atoms. The van der Waals surface area contributed by atoms with Gasteiger partial charge in [-0.1, -0.05) is 0 Å². The maximum absolute atomic E-state index is 12.2. The Bertz CT molecular complexity index is 541. The number of carbonyl (C=O) groups is 2. The molecule has 0 saturated carbocycles. The third kappa shape index (κ3) is 2.64. The summed E-state index contributed by atoms with van der Waals surface area (Å²) in [6, 6.07) is -0.518. The lowest BCUT2D eigenvalue weighted by molar-refractivity contribution is 0.0697. The number of rotatable bonds is 3. The van der Waals surface area contributed by atoms with Crippen molar-refractivity contribution in [3.05, 3.63) is 16.0 Å². The molecule has 1 unspecified atom stereocenters. The van der Waals surface area contributed by atoms with Gasteiger partial charge in [0.2, 0.25) is 0 Å². The molecule has 1 aromatic heterocycles. The molecule has 0 aliphatic carbocycles. The van der Waals surface area contributed by atoms with Gasteiger partial charge in [-0.25, -0.2) is 9.59 Å². The summed E-state index contributed by atoms with van der Waals surface area (Å²) in [5, 5.41) is 21.5. The van der Waals surface area contributed by atoms with Gasteiger partial charge in [-0.3, -0.25) is 5.32 Å². The zero-order valence-corrected chi connectivity index (χ0v) is 12.3. The van der Waals surface area contributed by atoms with Crippen molar-refractivity contribution in [2.45, 2.75) is 32.7 Å². The highest BCUT2D eigenvalue weighted by molar-refractivity contribution is 7.16. The maximum Gasteiger partial charge on any atom is 0.338 e. The van der Waals surface area contributed by atoms with E-state index in [1.54, 1.807) is 11.8 Å². The number of likely N-dealkylation sites (tertiary alicyclic amines) is 1. The number of aliphatic hydroxyl groups excluding tert-OH is 1. The molecule has 1 aromatic rings. The molecule has 0 aromatic carbocycles. The molecule has 2 rings (SSSR count). The summed E-state index contributed by atoms with van der Waals surface area (Å²) in [7, 11) is 0. The second kappa shape index (κ2) is 5.80. The fraction of sp³-hybridized carbons (Fsp3) is 0.538. The minimum absolute atomic E-state index is 0.0678. The average molecular weight is 298 g/mol. The van der Waals surface area contributed by atoms with Gasteiger partial charge in [-0.2, -0.15) is 0 Å². The van der Waals surface area contributed by atoms with Crippen LogP contribution in [-0.2, 0) is 0 Å². The smallest absolute Gasteiger partial charge is 0.338 e. The number of aryl methyl sites for hydroxylation is 1. The van der Waals surface area contributed by atoms with Crippen LogP contribution in [0.2, 0.25) is 0 Å². The number of aromatic carboxylic acids is 1. The lowest BCUT2D eigenvalue weighted by Gasteiger charge is -2.23. The minimum Gasteiger partial charge on any atom is -0.478 e. The van der Waals surface area contributed by atoms with Crippen molar-refractivity contribution in [3.8, 4) is 0 Å². The number of aliphatic hydroxyl groups is 1. The van der Waals surface area contributed by atoms with E-state index in [4.69, 9.17) is 0 Å². The highest BCUT2D eigenvalue weighted by atomic mass is 32.1. The molecule has 6 nitrogen and oxygen atoms in total. The summed E-state index contributed by atoms with van der Waals surface area (Å²) >= 11 is 1.26. The van der Waals surface area contributed by atoms with Gasteiger partial charge in [0, 0.05) is 11.4 Å². The number of amides is 2. The number of hydrogen-bond donors (Lipinski definition) is 3. The van der Waals surface area contributed by atoms with Gasteiger partial charge in [0.05, 0.1) is 18.2 Å². The highest BCUT2D eigenvalue weighted by Gasteiger charge is 2.29. The fourth-order valence-electron chi connectivity index (χ4n) is 2.43. The quantitative estimate of drug-likeness (QED) is 0.796. The molecule has 1 aliphatic heterocycles. The van der Waals surface area contributed by atoms with E-state index in [0.717, 1.165) is 17.7 Å². The molecule has 2 heterocycles. The maximum atomic E-state index is 12.2. The second-order valence-corrected chi connectivity index (χ2v) is 6.12. The fourth-order valence-corrected chi connectivity index (χ4v) is 3.48. The van der Waals surface area contributed by atoms with E-state index in [1.807, 2.05) is 6.92 Å². The van der Waals surface area contributed by atoms with Crippen molar-refractivity contribution >= 4 is 28.3 Å². The molecule has 1 saturated heterocycles. The van der Waals surface area contributed by atoms with Gasteiger partial charge in [-0.05, 0) is 32.3 Å². The molecule has 7 heteroatoms. The number of nitrogens with one attached hydrogen (secondary N) is 1. The van der Waals surface area contributed by atoms with Gasteiger partial charge in [-0.15, -0.1) is 11.3 Å². The molecule has 2 amide bonds. The zero-order valence-electron chi connectivity index (χ0n) is 11.5. The van der Waals surface area contributed by atoms with E-state index in [9.17, 15) is 19.8 Å². The third-order valence-corrected chi connectivity index (χ3v) is 4.79. The Labute approximate surface area is 121 Å². The molecule has 1 fully saturated rings. The Morgan fingerprint density at radius 2 is 2.15 bits per heavy atom. The first-order chi connectivity index (χ1) is 9.45. The molecule has 0 spiro atoms. The van der Waals surface area contributed by atoms with E-state index < -0.39 is 5.97 Å². The summed E-state index contributed by atoms with van der Waals surface area (Å²) in [5.41, 5.74) is 0.832. The standard InChI is InChI=1S/C13H18N2O4S/c1-7-8(2)20-11(10(7)12(17)18)14-13(19)15-5-3-4-9(15)6-16/h9,16H,3-6H2,1-2H3,(H,14,19)(H,17,18). The van der Waals surface area contributed by atoms with Gasteiger partial charge in [0.15, 0.2) is 0 Å². The number of carboxylic acids is 1. The Balaban J connectivity index is 2.20. The van der Waals surface area contributed by atoms with Gasteiger partial charge < -0.3 is 15.1 Å². The van der Waals surface area contributed by atoms with Gasteiger partial charge in [0.25, 0.3) is 0 Å². The van der Waals surface area contributed by atoms with Crippen LogP contribution in [0, 0.1) is 13.8 Å². The van der Waals surface area contributed by atoms with Crippen LogP contribution in [-0.4, -0.2) is 46.3 Å². The van der Waals surface area contributed by atoms with Crippen LogP contribution in [0.1, 0.15) is 33.6 Å².